The van der Waals surface area contributed by atoms with Gasteiger partial charge < -0.3 is 14.3 Å². The van der Waals surface area contributed by atoms with Gasteiger partial charge in [-0.25, -0.2) is 0 Å². The average Bonchev–Trinajstić information content (AvgIpc) is 2.93. The van der Waals surface area contributed by atoms with Crippen molar-refractivity contribution in [1.82, 2.24) is 0 Å². The van der Waals surface area contributed by atoms with Gasteiger partial charge in [0.25, 0.3) is 8.32 Å². The number of ether oxygens (including phenoxy) is 1. The highest BCUT2D eigenvalue weighted by Crippen LogP contribution is 2.38. The van der Waals surface area contributed by atoms with Crippen LogP contribution in [0.4, 0.5) is 0 Å². The second-order valence-corrected chi connectivity index (χ2v) is 17.9. The van der Waals surface area contributed by atoms with Crippen LogP contribution < -0.4 is 10.4 Å². The Hall–Kier alpha value is -1.54. The fraction of sp³-hybridized carbons (Fsp3) is 0.419. The van der Waals surface area contributed by atoms with E-state index in [0.717, 1.165) is 12.0 Å². The molecule has 1 heterocycles. The van der Waals surface area contributed by atoms with E-state index in [9.17, 15) is 5.11 Å². The van der Waals surface area contributed by atoms with Crippen molar-refractivity contribution < 1.29 is 14.3 Å². The zero-order valence-corrected chi connectivity index (χ0v) is 24.8. The van der Waals surface area contributed by atoms with Crippen LogP contribution in [0, 0.1) is 0 Å². The van der Waals surface area contributed by atoms with Crippen molar-refractivity contribution in [2.75, 3.05) is 18.1 Å². The minimum atomic E-state index is -2.72. The molecule has 0 aliphatic carbocycles. The number of hydrogen-bond acceptors (Lipinski definition) is 5. The summed E-state index contributed by atoms with van der Waals surface area (Å²) < 4.78 is 13.9. The van der Waals surface area contributed by atoms with Gasteiger partial charge in [0.1, 0.15) is 6.10 Å². The number of thioether (sulfide) groups is 2. The topological polar surface area (TPSA) is 38.7 Å². The molecule has 0 aromatic heterocycles. The first-order valence-corrected chi connectivity index (χ1v) is 17.2. The Labute approximate surface area is 232 Å². The van der Waals surface area contributed by atoms with Crippen molar-refractivity contribution in [2.24, 2.45) is 0 Å². The van der Waals surface area contributed by atoms with Gasteiger partial charge in [0.2, 0.25) is 0 Å². The summed E-state index contributed by atoms with van der Waals surface area (Å²) >= 11 is 3.98. The van der Waals surface area contributed by atoms with Crippen LogP contribution in [-0.4, -0.2) is 48.3 Å². The Balaban J connectivity index is 1.58. The summed E-state index contributed by atoms with van der Waals surface area (Å²) in [6.07, 6.45) is 1.06. The Morgan fingerprint density at radius 1 is 0.838 bits per heavy atom. The molecule has 198 valence electrons. The molecular formula is C31H40O3S2Si. The third kappa shape index (κ3) is 7.31. The molecule has 1 N–H and O–H groups in total. The Morgan fingerprint density at radius 2 is 1.35 bits per heavy atom. The SMILES string of the molecule is CC(C)(C)[Si](OC[C@@H](O)[C@H](CC1SCCCS1)OCc1ccccc1)(c1ccccc1)c1ccccc1. The van der Waals surface area contributed by atoms with E-state index in [1.54, 1.807) is 0 Å². The van der Waals surface area contributed by atoms with E-state index in [-0.39, 0.29) is 17.7 Å². The first-order chi connectivity index (χ1) is 17.9. The molecule has 0 saturated carbocycles. The molecule has 37 heavy (non-hydrogen) atoms. The highest BCUT2D eigenvalue weighted by Gasteiger charge is 2.50. The van der Waals surface area contributed by atoms with Gasteiger partial charge in [0, 0.05) is 0 Å². The fourth-order valence-electron chi connectivity index (χ4n) is 5.06. The summed E-state index contributed by atoms with van der Waals surface area (Å²) in [6.45, 7) is 7.54. The third-order valence-corrected chi connectivity index (χ3v) is 14.9. The minimum Gasteiger partial charge on any atom is -0.405 e. The van der Waals surface area contributed by atoms with Gasteiger partial charge in [-0.15, -0.1) is 23.5 Å². The zero-order chi connectivity index (χ0) is 26.1. The highest BCUT2D eigenvalue weighted by molar-refractivity contribution is 8.17. The van der Waals surface area contributed by atoms with Gasteiger partial charge in [-0.2, -0.15) is 0 Å². The van der Waals surface area contributed by atoms with Gasteiger partial charge in [-0.1, -0.05) is 112 Å². The predicted octanol–water partition coefficient (Wildman–Crippen LogP) is 6.10. The Morgan fingerprint density at radius 3 is 1.86 bits per heavy atom. The maximum atomic E-state index is 11.6. The molecule has 0 radical (unpaired) electrons. The summed E-state index contributed by atoms with van der Waals surface area (Å²) in [4.78, 5) is 0. The lowest BCUT2D eigenvalue weighted by Gasteiger charge is -2.43. The quantitative estimate of drug-likeness (QED) is 0.291. The van der Waals surface area contributed by atoms with Crippen LogP contribution in [0.1, 0.15) is 39.2 Å². The van der Waals surface area contributed by atoms with Crippen molar-refractivity contribution in [3.8, 4) is 0 Å². The van der Waals surface area contributed by atoms with E-state index in [1.807, 2.05) is 41.7 Å². The monoisotopic (exact) mass is 552 g/mol. The van der Waals surface area contributed by atoms with E-state index >= 15 is 0 Å². The molecule has 0 bridgehead atoms. The maximum Gasteiger partial charge on any atom is 0.261 e. The van der Waals surface area contributed by atoms with Crippen molar-refractivity contribution in [2.45, 2.75) is 62.0 Å². The largest absolute Gasteiger partial charge is 0.405 e. The molecular weight excluding hydrogens is 513 g/mol. The average molecular weight is 553 g/mol. The van der Waals surface area contributed by atoms with Crippen molar-refractivity contribution in [3.05, 3.63) is 96.6 Å². The van der Waals surface area contributed by atoms with Crippen LogP contribution >= 0.6 is 23.5 Å². The van der Waals surface area contributed by atoms with E-state index in [4.69, 9.17) is 9.16 Å². The Kier molecular flexibility index (Phi) is 10.4. The van der Waals surface area contributed by atoms with Gasteiger partial charge in [-0.3, -0.25) is 0 Å². The summed E-state index contributed by atoms with van der Waals surface area (Å²) in [5.74, 6) is 2.36. The molecule has 1 aliphatic heterocycles. The van der Waals surface area contributed by atoms with Crippen LogP contribution in [-0.2, 0) is 15.8 Å². The van der Waals surface area contributed by atoms with Crippen LogP contribution in [0.15, 0.2) is 91.0 Å². The lowest BCUT2D eigenvalue weighted by molar-refractivity contribution is -0.0638. The predicted molar refractivity (Wildman–Crippen MR) is 163 cm³/mol. The molecule has 6 heteroatoms. The maximum absolute atomic E-state index is 11.6. The molecule has 1 fully saturated rings. The second kappa shape index (κ2) is 13.5. The first kappa shape index (κ1) is 28.5. The van der Waals surface area contributed by atoms with Gasteiger partial charge in [0.05, 0.1) is 23.9 Å². The molecule has 3 nitrogen and oxygen atoms in total. The summed E-state index contributed by atoms with van der Waals surface area (Å²) in [5, 5.41) is 13.9. The fourth-order valence-corrected chi connectivity index (χ4v) is 12.6. The number of benzene rings is 3. The van der Waals surface area contributed by atoms with Crippen molar-refractivity contribution in [3.63, 3.8) is 0 Å². The van der Waals surface area contributed by atoms with Gasteiger partial charge >= 0.3 is 0 Å². The van der Waals surface area contributed by atoms with Crippen LogP contribution in [0.2, 0.25) is 5.04 Å². The number of rotatable bonds is 11. The van der Waals surface area contributed by atoms with Gasteiger partial charge in [0.15, 0.2) is 0 Å². The molecule has 3 aromatic carbocycles. The minimum absolute atomic E-state index is 0.134. The van der Waals surface area contributed by atoms with Crippen LogP contribution in [0.3, 0.4) is 0 Å². The second-order valence-electron chi connectivity index (χ2n) is 10.6. The van der Waals surface area contributed by atoms with Crippen molar-refractivity contribution >= 4 is 42.2 Å². The Bertz CT molecular complexity index is 1010. The summed E-state index contributed by atoms with van der Waals surface area (Å²) in [6, 6.07) is 31.5. The number of aliphatic hydroxyl groups excluding tert-OH is 1. The van der Waals surface area contributed by atoms with E-state index in [2.05, 4.69) is 93.6 Å². The molecule has 2 atom stereocenters. The lowest BCUT2D eigenvalue weighted by atomic mass is 10.1. The number of hydrogen-bond donors (Lipinski definition) is 1. The third-order valence-electron chi connectivity index (χ3n) is 6.94. The van der Waals surface area contributed by atoms with Crippen LogP contribution in [0.5, 0.6) is 0 Å². The molecule has 1 saturated heterocycles. The normalized spacial score (nSPS) is 16.9. The highest BCUT2D eigenvalue weighted by atomic mass is 32.2. The summed E-state index contributed by atoms with van der Waals surface area (Å²) in [5.41, 5.74) is 1.12. The first-order valence-electron chi connectivity index (χ1n) is 13.2. The van der Waals surface area contributed by atoms with E-state index < -0.39 is 14.4 Å². The molecule has 3 aromatic rings. The molecule has 1 aliphatic rings. The molecule has 0 spiro atoms. The van der Waals surface area contributed by atoms with Crippen LogP contribution in [0.25, 0.3) is 0 Å². The smallest absolute Gasteiger partial charge is 0.261 e. The van der Waals surface area contributed by atoms with Crippen molar-refractivity contribution in [1.29, 1.82) is 0 Å². The van der Waals surface area contributed by atoms with Gasteiger partial charge in [-0.05, 0) is 45.3 Å². The van der Waals surface area contributed by atoms with E-state index in [0.29, 0.717) is 11.2 Å². The summed E-state index contributed by atoms with van der Waals surface area (Å²) in [7, 11) is -2.72. The lowest BCUT2D eigenvalue weighted by Crippen LogP contribution is -2.67. The molecule has 4 rings (SSSR count). The van der Waals surface area contributed by atoms with E-state index in [1.165, 1.54) is 28.3 Å². The zero-order valence-electron chi connectivity index (χ0n) is 22.2. The molecule has 0 amide bonds. The molecule has 0 unspecified atom stereocenters. The number of aliphatic hydroxyl groups is 1. The standard InChI is InChI=1S/C31H40O3S2Si/c1-31(2,3)37(26-16-9-5-10-17-26,27-18-11-6-12-19-27)34-24-28(32)29(22-30-35-20-13-21-36-30)33-23-25-14-7-4-8-15-25/h4-12,14-19,28-30,32H,13,20-24H2,1-3H3/t28-,29+/m1/s1.